The van der Waals surface area contributed by atoms with Gasteiger partial charge in [0.15, 0.2) is 5.78 Å². The number of carbonyl (C=O) groups is 2. The lowest BCUT2D eigenvalue weighted by Crippen LogP contribution is -2.10. The second-order valence-electron chi connectivity index (χ2n) is 5.77. The number of ketones is 1. The zero-order valence-electron chi connectivity index (χ0n) is 13.1. The molecule has 0 atom stereocenters. The number of benzene rings is 2. The average Bonchev–Trinajstić information content (AvgIpc) is 2.96. The number of fused-ring (bicyclic) bond motifs is 1. The van der Waals surface area contributed by atoms with Gasteiger partial charge in [0.2, 0.25) is 0 Å². The Labute approximate surface area is 139 Å². The summed E-state index contributed by atoms with van der Waals surface area (Å²) in [6.45, 7) is 0.183. The molecule has 3 rings (SSSR count). The number of rotatable bonds is 6. The minimum Gasteiger partial charge on any atom is -0.481 e. The molecule has 0 unspecified atom stereocenters. The SMILES string of the molecule is Nc1ccc(-c2ccc3ccn(CC(=O)CCC(=O)O)c3c2)cc1. The first kappa shape index (κ1) is 15.8. The van der Waals surface area contributed by atoms with Gasteiger partial charge in [0, 0.05) is 23.8 Å². The maximum absolute atomic E-state index is 12.0. The molecule has 0 bridgehead atoms. The Bertz CT molecular complexity index is 895. The molecule has 0 saturated carbocycles. The summed E-state index contributed by atoms with van der Waals surface area (Å²) in [5.74, 6) is -1.04. The molecule has 3 aromatic rings. The second kappa shape index (κ2) is 6.58. The quantitative estimate of drug-likeness (QED) is 0.682. The lowest BCUT2D eigenvalue weighted by molar-refractivity contribution is -0.138. The number of nitrogens with two attached hydrogens (primary N) is 1. The van der Waals surface area contributed by atoms with Gasteiger partial charge in [0.1, 0.15) is 0 Å². The molecule has 2 aromatic carbocycles. The number of nitrogens with zero attached hydrogens (tertiary/aromatic N) is 1. The molecular formula is C19H18N2O3. The molecule has 3 N–H and O–H groups in total. The Kier molecular flexibility index (Phi) is 4.33. The van der Waals surface area contributed by atoms with Crippen molar-refractivity contribution in [3.63, 3.8) is 0 Å². The minimum absolute atomic E-state index is 0.0483. The number of aliphatic carboxylic acids is 1. The highest BCUT2D eigenvalue weighted by Gasteiger charge is 2.09. The number of carboxylic acids is 1. The number of hydrogen-bond donors (Lipinski definition) is 2. The average molecular weight is 322 g/mol. The van der Waals surface area contributed by atoms with Crippen LogP contribution >= 0.6 is 0 Å². The molecule has 5 nitrogen and oxygen atoms in total. The van der Waals surface area contributed by atoms with Crippen LogP contribution in [-0.4, -0.2) is 21.4 Å². The van der Waals surface area contributed by atoms with Crippen molar-refractivity contribution in [3.8, 4) is 11.1 Å². The summed E-state index contributed by atoms with van der Waals surface area (Å²) in [7, 11) is 0. The van der Waals surface area contributed by atoms with E-state index in [2.05, 4.69) is 0 Å². The molecule has 1 heterocycles. The smallest absolute Gasteiger partial charge is 0.303 e. The lowest BCUT2D eigenvalue weighted by atomic mass is 10.0. The van der Waals surface area contributed by atoms with Gasteiger partial charge in [-0.3, -0.25) is 9.59 Å². The van der Waals surface area contributed by atoms with Gasteiger partial charge in [-0.1, -0.05) is 24.3 Å². The fourth-order valence-electron chi connectivity index (χ4n) is 2.69. The van der Waals surface area contributed by atoms with E-state index in [1.807, 2.05) is 59.3 Å². The molecule has 1 aromatic heterocycles. The van der Waals surface area contributed by atoms with Crippen molar-refractivity contribution in [2.24, 2.45) is 0 Å². The van der Waals surface area contributed by atoms with Crippen LogP contribution in [0.3, 0.4) is 0 Å². The molecule has 0 amide bonds. The third-order valence-corrected chi connectivity index (χ3v) is 3.98. The monoisotopic (exact) mass is 322 g/mol. The summed E-state index contributed by atoms with van der Waals surface area (Å²) in [5, 5.41) is 9.72. The Hall–Kier alpha value is -3.08. The molecule has 5 heteroatoms. The highest BCUT2D eigenvalue weighted by Crippen LogP contribution is 2.26. The number of carbonyl (C=O) groups excluding carboxylic acids is 1. The summed E-state index contributed by atoms with van der Waals surface area (Å²) in [6, 6.07) is 15.7. The molecule has 122 valence electrons. The first-order valence-corrected chi connectivity index (χ1v) is 7.71. The Balaban J connectivity index is 1.87. The highest BCUT2D eigenvalue weighted by atomic mass is 16.4. The number of hydrogen-bond acceptors (Lipinski definition) is 3. The van der Waals surface area contributed by atoms with E-state index in [1.54, 1.807) is 0 Å². The van der Waals surface area contributed by atoms with E-state index < -0.39 is 5.97 Å². The van der Waals surface area contributed by atoms with Crippen molar-refractivity contribution >= 4 is 28.3 Å². The standard InChI is InChI=1S/C19H18N2O3/c20-16-5-3-13(4-6-16)15-2-1-14-9-10-21(18(14)11-15)12-17(22)7-8-19(23)24/h1-6,9-11H,7-8,12,20H2,(H,23,24). The van der Waals surface area contributed by atoms with Gasteiger partial charge in [0.25, 0.3) is 0 Å². The van der Waals surface area contributed by atoms with Crippen LogP contribution in [0.15, 0.2) is 54.7 Å². The molecule has 24 heavy (non-hydrogen) atoms. The number of aromatic nitrogens is 1. The molecule has 0 fully saturated rings. The largest absolute Gasteiger partial charge is 0.481 e. The lowest BCUT2D eigenvalue weighted by Gasteiger charge is -2.07. The van der Waals surface area contributed by atoms with Gasteiger partial charge in [0.05, 0.1) is 13.0 Å². The predicted molar refractivity (Wildman–Crippen MR) is 93.7 cm³/mol. The van der Waals surface area contributed by atoms with E-state index in [0.717, 1.165) is 22.0 Å². The highest BCUT2D eigenvalue weighted by molar-refractivity contribution is 5.88. The van der Waals surface area contributed by atoms with Gasteiger partial charge in [-0.25, -0.2) is 0 Å². The van der Waals surface area contributed by atoms with Crippen LogP contribution in [0.2, 0.25) is 0 Å². The molecule has 0 radical (unpaired) electrons. The van der Waals surface area contributed by atoms with Crippen LogP contribution < -0.4 is 5.73 Å². The van der Waals surface area contributed by atoms with Crippen molar-refractivity contribution in [1.82, 2.24) is 4.57 Å². The maximum atomic E-state index is 12.0. The summed E-state index contributed by atoms with van der Waals surface area (Å²) >= 11 is 0. The number of anilines is 1. The first-order chi connectivity index (χ1) is 11.5. The topological polar surface area (TPSA) is 85.3 Å². The van der Waals surface area contributed by atoms with E-state index in [-0.39, 0.29) is 25.2 Å². The third-order valence-electron chi connectivity index (χ3n) is 3.98. The van der Waals surface area contributed by atoms with E-state index in [9.17, 15) is 9.59 Å². The molecule has 0 spiro atoms. The van der Waals surface area contributed by atoms with Gasteiger partial charge in [-0.05, 0) is 40.8 Å². The molecule has 0 saturated heterocycles. The van der Waals surface area contributed by atoms with E-state index >= 15 is 0 Å². The van der Waals surface area contributed by atoms with E-state index in [0.29, 0.717) is 5.69 Å². The number of Topliss-reactive ketones (excluding diaryl/α,β-unsaturated/α-hetero) is 1. The van der Waals surface area contributed by atoms with Gasteiger partial charge >= 0.3 is 5.97 Å². The summed E-state index contributed by atoms with van der Waals surface area (Å²) in [5.41, 5.74) is 9.48. The van der Waals surface area contributed by atoms with Crippen molar-refractivity contribution in [1.29, 1.82) is 0 Å². The Morgan fingerprint density at radius 1 is 0.958 bits per heavy atom. The maximum Gasteiger partial charge on any atom is 0.303 e. The summed E-state index contributed by atoms with van der Waals surface area (Å²) < 4.78 is 1.86. The minimum atomic E-state index is -0.952. The van der Waals surface area contributed by atoms with Gasteiger partial charge in [-0.2, -0.15) is 0 Å². The Morgan fingerprint density at radius 3 is 2.38 bits per heavy atom. The van der Waals surface area contributed by atoms with Crippen LogP contribution in [0.25, 0.3) is 22.0 Å². The van der Waals surface area contributed by atoms with Crippen molar-refractivity contribution in [2.45, 2.75) is 19.4 Å². The van der Waals surface area contributed by atoms with Crippen molar-refractivity contribution in [3.05, 3.63) is 54.7 Å². The predicted octanol–water partition coefficient (Wildman–Crippen LogP) is 3.32. The summed E-state index contributed by atoms with van der Waals surface area (Å²) in [6.07, 6.45) is 1.78. The van der Waals surface area contributed by atoms with Gasteiger partial charge in [-0.15, -0.1) is 0 Å². The van der Waals surface area contributed by atoms with E-state index in [4.69, 9.17) is 10.8 Å². The van der Waals surface area contributed by atoms with Crippen LogP contribution in [-0.2, 0) is 16.1 Å². The zero-order chi connectivity index (χ0) is 17.1. The fraction of sp³-hybridized carbons (Fsp3) is 0.158. The Morgan fingerprint density at radius 2 is 1.67 bits per heavy atom. The molecule has 0 aliphatic heterocycles. The van der Waals surface area contributed by atoms with Gasteiger partial charge < -0.3 is 15.4 Å². The second-order valence-corrected chi connectivity index (χ2v) is 5.77. The number of carboxylic acid groups (broad SMARTS) is 1. The molecule has 0 aliphatic carbocycles. The van der Waals surface area contributed by atoms with Crippen molar-refractivity contribution in [2.75, 3.05) is 5.73 Å². The van der Waals surface area contributed by atoms with Crippen molar-refractivity contribution < 1.29 is 14.7 Å². The summed E-state index contributed by atoms with van der Waals surface area (Å²) in [4.78, 5) is 22.5. The van der Waals surface area contributed by atoms with Crippen LogP contribution in [0.5, 0.6) is 0 Å². The molecular weight excluding hydrogens is 304 g/mol. The van der Waals surface area contributed by atoms with E-state index in [1.165, 1.54) is 0 Å². The van der Waals surface area contributed by atoms with Crippen LogP contribution in [0.4, 0.5) is 5.69 Å². The zero-order valence-corrected chi connectivity index (χ0v) is 13.1. The fourth-order valence-corrected chi connectivity index (χ4v) is 2.69. The third kappa shape index (κ3) is 3.46. The normalized spacial score (nSPS) is 10.8. The van der Waals surface area contributed by atoms with Crippen LogP contribution in [0.1, 0.15) is 12.8 Å². The van der Waals surface area contributed by atoms with Crippen LogP contribution in [0, 0.1) is 0 Å². The first-order valence-electron chi connectivity index (χ1n) is 7.71. The molecule has 0 aliphatic rings. The number of nitrogen functional groups attached to an aromatic ring is 1.